The van der Waals surface area contributed by atoms with Gasteiger partial charge < -0.3 is 15.2 Å². The molecule has 2 amide bonds. The lowest BCUT2D eigenvalue weighted by Crippen LogP contribution is -2.27. The minimum absolute atomic E-state index is 0.00178. The van der Waals surface area contributed by atoms with Crippen LogP contribution in [0.3, 0.4) is 0 Å². The van der Waals surface area contributed by atoms with Gasteiger partial charge in [0, 0.05) is 12.1 Å². The van der Waals surface area contributed by atoms with Crippen LogP contribution in [0.2, 0.25) is 5.02 Å². The molecule has 0 heterocycles. The third kappa shape index (κ3) is 6.83. The zero-order valence-electron chi connectivity index (χ0n) is 15.5. The van der Waals surface area contributed by atoms with Crippen LogP contribution in [-0.4, -0.2) is 22.7 Å². The number of anilines is 2. The Hall–Kier alpha value is -2.73. The molecule has 0 saturated heterocycles. The molecule has 2 rings (SSSR count). The van der Waals surface area contributed by atoms with Crippen molar-refractivity contribution in [2.75, 3.05) is 10.6 Å². The highest BCUT2D eigenvalue weighted by molar-refractivity contribution is 6.33. The maximum Gasteiger partial charge on any atom is 0.412 e. The Labute approximate surface area is 163 Å². The highest BCUT2D eigenvalue weighted by atomic mass is 35.5. The van der Waals surface area contributed by atoms with Gasteiger partial charge in [-0.25, -0.2) is 4.79 Å². The van der Waals surface area contributed by atoms with Gasteiger partial charge in [-0.05, 0) is 44.9 Å². The quantitative estimate of drug-likeness (QED) is 0.497. The summed E-state index contributed by atoms with van der Waals surface area (Å²) in [6.45, 7) is 5.17. The smallest absolute Gasteiger partial charge is 0.412 e. The Morgan fingerprint density at radius 1 is 1.11 bits per heavy atom. The van der Waals surface area contributed by atoms with Gasteiger partial charge in [0.05, 0.1) is 10.7 Å². The zero-order chi connectivity index (χ0) is 20.0. The molecule has 3 N–H and O–H groups in total. The minimum Gasteiger partial charge on any atom is -0.504 e. The molecule has 0 fully saturated rings. The highest BCUT2D eigenvalue weighted by Gasteiger charge is 2.19. The number of benzene rings is 2. The number of phenols is 1. The summed E-state index contributed by atoms with van der Waals surface area (Å²) in [5.41, 5.74) is 0.785. The Balaban J connectivity index is 2.03. The Morgan fingerprint density at radius 2 is 1.78 bits per heavy atom. The second-order valence-electron chi connectivity index (χ2n) is 7.01. The molecule has 0 aliphatic heterocycles. The number of halogens is 1. The van der Waals surface area contributed by atoms with Gasteiger partial charge in [-0.1, -0.05) is 41.9 Å². The van der Waals surface area contributed by atoms with Crippen LogP contribution >= 0.6 is 11.6 Å². The third-order valence-corrected chi connectivity index (χ3v) is 3.75. The number of nitrogens with one attached hydrogen (secondary N) is 2. The van der Waals surface area contributed by atoms with E-state index in [2.05, 4.69) is 10.6 Å². The second-order valence-corrected chi connectivity index (χ2v) is 7.42. The number of phenolic OH excluding ortho intramolecular Hbond substituents is 1. The van der Waals surface area contributed by atoms with E-state index in [1.165, 1.54) is 12.1 Å². The number of hydrogen-bond donors (Lipinski definition) is 3. The van der Waals surface area contributed by atoms with E-state index < -0.39 is 11.7 Å². The van der Waals surface area contributed by atoms with Gasteiger partial charge in [0.15, 0.2) is 5.75 Å². The van der Waals surface area contributed by atoms with Crippen LogP contribution in [-0.2, 0) is 16.0 Å². The number of carbonyl (C=O) groups excluding carboxylic acids is 2. The van der Waals surface area contributed by atoms with Crippen LogP contribution in [0, 0.1) is 0 Å². The molecule has 0 bridgehead atoms. The SMILES string of the molecule is CC(C)(C)OC(=O)Nc1cc(NC(=O)CCc2ccccc2)cc(Cl)c1O. The first kappa shape index (κ1) is 20.6. The van der Waals surface area contributed by atoms with E-state index in [1.54, 1.807) is 20.8 Å². The largest absolute Gasteiger partial charge is 0.504 e. The molecule has 6 nitrogen and oxygen atoms in total. The van der Waals surface area contributed by atoms with Crippen molar-refractivity contribution >= 4 is 35.0 Å². The van der Waals surface area contributed by atoms with E-state index >= 15 is 0 Å². The summed E-state index contributed by atoms with van der Waals surface area (Å²) in [5.74, 6) is -0.506. The highest BCUT2D eigenvalue weighted by Crippen LogP contribution is 2.35. The standard InChI is InChI=1S/C20H23ClN2O4/c1-20(2,3)27-19(26)23-16-12-14(11-15(21)18(16)25)22-17(24)10-9-13-7-5-4-6-8-13/h4-8,11-12,25H,9-10H2,1-3H3,(H,22,24)(H,23,26). The topological polar surface area (TPSA) is 87.7 Å². The molecule has 2 aromatic carbocycles. The maximum absolute atomic E-state index is 12.2. The molecular formula is C20H23ClN2O4. The van der Waals surface area contributed by atoms with Gasteiger partial charge in [0.25, 0.3) is 0 Å². The number of ether oxygens (including phenoxy) is 1. The van der Waals surface area contributed by atoms with Crippen LogP contribution < -0.4 is 10.6 Å². The number of carbonyl (C=O) groups is 2. The van der Waals surface area contributed by atoms with Gasteiger partial charge in [0.2, 0.25) is 5.91 Å². The van der Waals surface area contributed by atoms with Crippen molar-refractivity contribution in [2.45, 2.75) is 39.2 Å². The van der Waals surface area contributed by atoms with Gasteiger partial charge in [-0.3, -0.25) is 10.1 Å². The summed E-state index contributed by atoms with van der Waals surface area (Å²) in [6.07, 6.45) is 0.153. The first-order chi connectivity index (χ1) is 12.6. The molecule has 0 aliphatic carbocycles. The van der Waals surface area contributed by atoms with Crippen molar-refractivity contribution < 1.29 is 19.4 Å². The zero-order valence-corrected chi connectivity index (χ0v) is 16.3. The summed E-state index contributed by atoms with van der Waals surface area (Å²) in [6, 6.07) is 12.5. The van der Waals surface area contributed by atoms with E-state index in [9.17, 15) is 14.7 Å². The van der Waals surface area contributed by atoms with Gasteiger partial charge in [0.1, 0.15) is 5.60 Å². The van der Waals surface area contributed by atoms with E-state index in [-0.39, 0.29) is 28.8 Å². The van der Waals surface area contributed by atoms with Crippen LogP contribution in [0.1, 0.15) is 32.8 Å². The van der Waals surface area contributed by atoms with Crippen molar-refractivity contribution in [1.29, 1.82) is 0 Å². The van der Waals surface area contributed by atoms with E-state index in [0.29, 0.717) is 12.1 Å². The van der Waals surface area contributed by atoms with Crippen molar-refractivity contribution in [3.05, 3.63) is 53.1 Å². The van der Waals surface area contributed by atoms with Crippen molar-refractivity contribution in [3.8, 4) is 5.75 Å². The Kier molecular flexibility index (Phi) is 6.69. The number of rotatable bonds is 5. The van der Waals surface area contributed by atoms with Crippen molar-refractivity contribution in [3.63, 3.8) is 0 Å². The Bertz CT molecular complexity index is 817. The summed E-state index contributed by atoms with van der Waals surface area (Å²) in [7, 11) is 0. The summed E-state index contributed by atoms with van der Waals surface area (Å²) in [5, 5.41) is 15.2. The normalized spacial score (nSPS) is 11.0. The fraction of sp³-hybridized carbons (Fsp3) is 0.300. The molecule has 0 saturated carbocycles. The third-order valence-electron chi connectivity index (χ3n) is 3.47. The van der Waals surface area contributed by atoms with E-state index in [1.807, 2.05) is 30.3 Å². The molecule has 0 unspecified atom stereocenters. The number of aryl methyl sites for hydroxylation is 1. The monoisotopic (exact) mass is 390 g/mol. The summed E-state index contributed by atoms with van der Waals surface area (Å²) < 4.78 is 5.15. The average molecular weight is 391 g/mol. The van der Waals surface area contributed by atoms with Gasteiger partial charge >= 0.3 is 6.09 Å². The molecule has 27 heavy (non-hydrogen) atoms. The summed E-state index contributed by atoms with van der Waals surface area (Å²) >= 11 is 6.00. The molecular weight excluding hydrogens is 368 g/mol. The molecule has 0 atom stereocenters. The lowest BCUT2D eigenvalue weighted by molar-refractivity contribution is -0.116. The fourth-order valence-corrected chi connectivity index (χ4v) is 2.53. The number of amides is 2. The van der Waals surface area contributed by atoms with Crippen LogP contribution in [0.15, 0.2) is 42.5 Å². The molecule has 7 heteroatoms. The summed E-state index contributed by atoms with van der Waals surface area (Å²) in [4.78, 5) is 24.1. The maximum atomic E-state index is 12.2. The van der Waals surface area contributed by atoms with E-state index in [0.717, 1.165) is 5.56 Å². The molecule has 0 spiro atoms. The second kappa shape index (κ2) is 8.77. The first-order valence-corrected chi connectivity index (χ1v) is 8.88. The van der Waals surface area contributed by atoms with Gasteiger partial charge in [-0.15, -0.1) is 0 Å². The predicted molar refractivity (Wildman–Crippen MR) is 106 cm³/mol. The average Bonchev–Trinajstić information content (AvgIpc) is 2.56. The van der Waals surface area contributed by atoms with Gasteiger partial charge in [-0.2, -0.15) is 0 Å². The van der Waals surface area contributed by atoms with Crippen molar-refractivity contribution in [2.24, 2.45) is 0 Å². The lowest BCUT2D eigenvalue weighted by Gasteiger charge is -2.20. The number of hydrogen-bond acceptors (Lipinski definition) is 4. The van der Waals surface area contributed by atoms with Crippen LogP contribution in [0.25, 0.3) is 0 Å². The van der Waals surface area contributed by atoms with Crippen molar-refractivity contribution in [1.82, 2.24) is 0 Å². The molecule has 2 aromatic rings. The minimum atomic E-state index is -0.735. The number of aromatic hydroxyl groups is 1. The molecule has 0 aromatic heterocycles. The van der Waals surface area contributed by atoms with E-state index in [4.69, 9.17) is 16.3 Å². The predicted octanol–water partition coefficient (Wildman–Crippen LogP) is 4.96. The fourth-order valence-electron chi connectivity index (χ4n) is 2.31. The Morgan fingerprint density at radius 3 is 2.41 bits per heavy atom. The molecule has 144 valence electrons. The lowest BCUT2D eigenvalue weighted by atomic mass is 10.1. The van der Waals surface area contributed by atoms with Crippen LogP contribution in [0.5, 0.6) is 5.75 Å². The first-order valence-electron chi connectivity index (χ1n) is 8.50. The van der Waals surface area contributed by atoms with Crippen LogP contribution in [0.4, 0.5) is 16.2 Å². The molecule has 0 aliphatic rings. The molecule has 0 radical (unpaired) electrons.